The van der Waals surface area contributed by atoms with E-state index in [0.29, 0.717) is 5.52 Å². The van der Waals surface area contributed by atoms with Gasteiger partial charge in [-0.2, -0.15) is 13.2 Å². The molecule has 1 aromatic heterocycles. The predicted octanol–water partition coefficient (Wildman–Crippen LogP) is 3.21. The Hall–Kier alpha value is -2.05. The first kappa shape index (κ1) is 14.9. The summed E-state index contributed by atoms with van der Waals surface area (Å²) in [5.74, 6) is 0. The quantitative estimate of drug-likeness (QED) is 0.822. The van der Waals surface area contributed by atoms with E-state index in [0.717, 1.165) is 44.2 Å². The molecule has 1 saturated carbocycles. The molecular weight excluding hydrogens is 297 g/mol. The van der Waals surface area contributed by atoms with Gasteiger partial charge in [-0.15, -0.1) is 0 Å². The minimum atomic E-state index is -4.49. The first-order valence-electron chi connectivity index (χ1n) is 7.24. The van der Waals surface area contributed by atoms with Crippen LogP contribution in [0.5, 0.6) is 0 Å². The third-order valence-electron chi connectivity index (χ3n) is 4.18. The summed E-state index contributed by atoms with van der Waals surface area (Å²) in [5, 5.41) is 0. The summed E-state index contributed by atoms with van der Waals surface area (Å²) in [6.07, 6.45) is 0.0124. The first-order valence-corrected chi connectivity index (χ1v) is 7.24. The van der Waals surface area contributed by atoms with Gasteiger partial charge in [0, 0.05) is 6.04 Å². The van der Waals surface area contributed by atoms with Gasteiger partial charge in [-0.05, 0) is 31.0 Å². The molecule has 0 atom stereocenters. The summed E-state index contributed by atoms with van der Waals surface area (Å²) in [6.45, 7) is 0. The Morgan fingerprint density at radius 1 is 1.09 bits per heavy atom. The van der Waals surface area contributed by atoms with Crippen molar-refractivity contribution in [2.24, 2.45) is 0 Å². The Bertz CT molecular complexity index is 814. The second-order valence-electron chi connectivity index (χ2n) is 5.65. The fourth-order valence-corrected chi connectivity index (χ4v) is 3.12. The number of H-pyrrole nitrogens is 1. The van der Waals surface area contributed by atoms with Gasteiger partial charge in [-0.1, -0.05) is 19.3 Å². The predicted molar refractivity (Wildman–Crippen MR) is 76.0 cm³/mol. The highest BCUT2D eigenvalue weighted by Crippen LogP contribution is 2.32. The molecule has 1 fully saturated rings. The van der Waals surface area contributed by atoms with Crippen LogP contribution in [0.15, 0.2) is 27.8 Å². The number of benzene rings is 1. The van der Waals surface area contributed by atoms with Gasteiger partial charge in [0.1, 0.15) is 0 Å². The lowest BCUT2D eigenvalue weighted by molar-refractivity contribution is -0.137. The summed E-state index contributed by atoms with van der Waals surface area (Å²) in [7, 11) is 0. The standard InChI is InChI=1S/C15H15F3N2O2/c16-15(17,18)9-6-7-12-11(8-9)19-13(21)14(22)20(12)10-4-2-1-3-5-10/h6-8,10H,1-5H2,(H,19,21). The molecule has 0 spiro atoms. The van der Waals surface area contributed by atoms with E-state index in [4.69, 9.17) is 0 Å². The van der Waals surface area contributed by atoms with E-state index in [1.165, 1.54) is 10.6 Å². The van der Waals surface area contributed by atoms with Gasteiger partial charge >= 0.3 is 17.3 Å². The van der Waals surface area contributed by atoms with Gasteiger partial charge < -0.3 is 4.98 Å². The van der Waals surface area contributed by atoms with Crippen LogP contribution in [-0.4, -0.2) is 9.55 Å². The number of nitrogens with zero attached hydrogens (tertiary/aromatic N) is 1. The topological polar surface area (TPSA) is 54.9 Å². The second kappa shape index (κ2) is 5.30. The van der Waals surface area contributed by atoms with E-state index in [1.54, 1.807) is 0 Å². The first-order chi connectivity index (χ1) is 10.4. The van der Waals surface area contributed by atoms with Crippen molar-refractivity contribution in [3.63, 3.8) is 0 Å². The van der Waals surface area contributed by atoms with Crippen LogP contribution in [0.3, 0.4) is 0 Å². The average molecular weight is 312 g/mol. The lowest BCUT2D eigenvalue weighted by Crippen LogP contribution is -2.39. The van der Waals surface area contributed by atoms with Gasteiger partial charge in [-0.25, -0.2) is 0 Å². The number of hydrogen-bond acceptors (Lipinski definition) is 2. The van der Waals surface area contributed by atoms with E-state index in [-0.39, 0.29) is 11.6 Å². The zero-order valence-corrected chi connectivity index (χ0v) is 11.7. The number of halogens is 3. The van der Waals surface area contributed by atoms with Gasteiger partial charge in [0.25, 0.3) is 0 Å². The van der Waals surface area contributed by atoms with Crippen LogP contribution in [0.25, 0.3) is 11.0 Å². The van der Waals surface area contributed by atoms with Gasteiger partial charge in [-0.3, -0.25) is 14.2 Å². The number of fused-ring (bicyclic) bond motifs is 1. The van der Waals surface area contributed by atoms with Crippen molar-refractivity contribution < 1.29 is 13.2 Å². The zero-order chi connectivity index (χ0) is 15.9. The van der Waals surface area contributed by atoms with Crippen molar-refractivity contribution >= 4 is 11.0 Å². The van der Waals surface area contributed by atoms with Gasteiger partial charge in [0.05, 0.1) is 16.6 Å². The molecule has 2 aromatic rings. The van der Waals surface area contributed by atoms with Crippen LogP contribution < -0.4 is 11.1 Å². The molecule has 0 unspecified atom stereocenters. The molecule has 1 aliphatic carbocycles. The Balaban J connectivity index is 2.24. The van der Waals surface area contributed by atoms with Crippen LogP contribution in [0.1, 0.15) is 43.7 Å². The number of hydrogen-bond donors (Lipinski definition) is 1. The van der Waals surface area contributed by atoms with E-state index < -0.39 is 22.9 Å². The minimum absolute atomic E-state index is 0.0463. The molecule has 4 nitrogen and oxygen atoms in total. The molecule has 1 N–H and O–H groups in total. The van der Waals surface area contributed by atoms with E-state index >= 15 is 0 Å². The largest absolute Gasteiger partial charge is 0.416 e. The van der Waals surface area contributed by atoms with Gasteiger partial charge in [0.15, 0.2) is 0 Å². The van der Waals surface area contributed by atoms with Crippen LogP contribution in [-0.2, 0) is 6.18 Å². The molecule has 7 heteroatoms. The molecule has 22 heavy (non-hydrogen) atoms. The zero-order valence-electron chi connectivity index (χ0n) is 11.7. The molecule has 0 aliphatic heterocycles. The number of alkyl halides is 3. The van der Waals surface area contributed by atoms with Crippen molar-refractivity contribution in [2.75, 3.05) is 0 Å². The van der Waals surface area contributed by atoms with Crippen molar-refractivity contribution in [3.05, 3.63) is 44.5 Å². The van der Waals surface area contributed by atoms with Crippen molar-refractivity contribution in [1.82, 2.24) is 9.55 Å². The Morgan fingerprint density at radius 2 is 1.77 bits per heavy atom. The van der Waals surface area contributed by atoms with Crippen LogP contribution >= 0.6 is 0 Å². The Morgan fingerprint density at radius 3 is 2.41 bits per heavy atom. The summed E-state index contributed by atoms with van der Waals surface area (Å²) >= 11 is 0. The highest BCUT2D eigenvalue weighted by molar-refractivity contribution is 5.75. The molecule has 0 saturated heterocycles. The van der Waals surface area contributed by atoms with Crippen LogP contribution in [0, 0.1) is 0 Å². The molecule has 1 aliphatic rings. The minimum Gasteiger partial charge on any atom is -0.316 e. The molecule has 118 valence electrons. The third-order valence-corrected chi connectivity index (χ3v) is 4.18. The summed E-state index contributed by atoms with van der Waals surface area (Å²) in [6, 6.07) is 2.97. The molecule has 3 rings (SSSR count). The maximum Gasteiger partial charge on any atom is 0.416 e. The second-order valence-corrected chi connectivity index (χ2v) is 5.65. The average Bonchev–Trinajstić information content (AvgIpc) is 2.48. The van der Waals surface area contributed by atoms with Crippen LogP contribution in [0.2, 0.25) is 0 Å². The van der Waals surface area contributed by atoms with E-state index in [9.17, 15) is 22.8 Å². The monoisotopic (exact) mass is 312 g/mol. The molecule has 0 radical (unpaired) electrons. The Labute approximate surface area is 123 Å². The number of rotatable bonds is 1. The fourth-order valence-electron chi connectivity index (χ4n) is 3.12. The Kier molecular flexibility index (Phi) is 3.58. The van der Waals surface area contributed by atoms with Crippen molar-refractivity contribution in [1.29, 1.82) is 0 Å². The lowest BCUT2D eigenvalue weighted by Gasteiger charge is -2.25. The highest BCUT2D eigenvalue weighted by atomic mass is 19.4. The number of aromatic nitrogens is 2. The molecule has 1 aromatic carbocycles. The maximum absolute atomic E-state index is 12.8. The third kappa shape index (κ3) is 2.55. The maximum atomic E-state index is 12.8. The van der Waals surface area contributed by atoms with Gasteiger partial charge in [0.2, 0.25) is 0 Å². The number of nitrogens with one attached hydrogen (secondary N) is 1. The smallest absolute Gasteiger partial charge is 0.316 e. The summed E-state index contributed by atoms with van der Waals surface area (Å²) in [5.41, 5.74) is -2.02. The van der Waals surface area contributed by atoms with E-state index in [1.807, 2.05) is 0 Å². The summed E-state index contributed by atoms with van der Waals surface area (Å²) < 4.78 is 39.7. The molecule has 1 heterocycles. The fraction of sp³-hybridized carbons (Fsp3) is 0.467. The van der Waals surface area contributed by atoms with E-state index in [2.05, 4.69) is 4.98 Å². The SMILES string of the molecule is O=c1[nH]c2cc(C(F)(F)F)ccc2n(C2CCCCC2)c1=O. The number of aromatic amines is 1. The lowest BCUT2D eigenvalue weighted by atomic mass is 9.95. The molecule has 0 bridgehead atoms. The molecule has 0 amide bonds. The van der Waals surface area contributed by atoms with Crippen molar-refractivity contribution in [2.45, 2.75) is 44.3 Å². The molecular formula is C15H15F3N2O2. The summed E-state index contributed by atoms with van der Waals surface area (Å²) in [4.78, 5) is 26.2. The van der Waals surface area contributed by atoms with Crippen molar-refractivity contribution in [3.8, 4) is 0 Å². The normalized spacial score (nSPS) is 17.0. The highest BCUT2D eigenvalue weighted by Gasteiger charge is 2.31. The van der Waals surface area contributed by atoms with Crippen LogP contribution in [0.4, 0.5) is 13.2 Å².